The molecule has 0 radical (unpaired) electrons. The maximum absolute atomic E-state index is 12.2. The van der Waals surface area contributed by atoms with Crippen LogP contribution in [0.25, 0.3) is 0 Å². The molecule has 1 aromatic heterocycles. The molecule has 1 amide bonds. The number of hydrogen-bond acceptors (Lipinski definition) is 5. The fourth-order valence-electron chi connectivity index (χ4n) is 2.47. The Morgan fingerprint density at radius 3 is 2.50 bits per heavy atom. The third kappa shape index (κ3) is 6.25. The second-order valence-electron chi connectivity index (χ2n) is 5.87. The van der Waals surface area contributed by atoms with Crippen molar-refractivity contribution in [2.75, 3.05) is 4.72 Å². The van der Waals surface area contributed by atoms with Gasteiger partial charge in [0, 0.05) is 34.7 Å². The van der Waals surface area contributed by atoms with E-state index in [1.54, 1.807) is 35.6 Å². The predicted molar refractivity (Wildman–Crippen MR) is 102 cm³/mol. The smallest absolute Gasteiger partial charge is 0.296 e. The zero-order chi connectivity index (χ0) is 19.3. The van der Waals surface area contributed by atoms with Crippen molar-refractivity contribution < 1.29 is 18.0 Å². The Morgan fingerprint density at radius 1 is 1.15 bits per heavy atom. The molecule has 0 aliphatic carbocycles. The van der Waals surface area contributed by atoms with Gasteiger partial charge in [0.05, 0.1) is 5.69 Å². The summed E-state index contributed by atoms with van der Waals surface area (Å²) in [6, 6.07) is 8.38. The molecule has 0 unspecified atom stereocenters. The maximum Gasteiger partial charge on any atom is 0.296 e. The maximum atomic E-state index is 12.2. The predicted octanol–water partition coefficient (Wildman–Crippen LogP) is 2.26. The molecule has 0 bridgehead atoms. The average Bonchev–Trinajstić information content (AvgIpc) is 2.88. The fraction of sp³-hybridized carbons (Fsp3) is 0.294. The second-order valence-corrected chi connectivity index (χ2v) is 8.63. The highest BCUT2D eigenvalue weighted by molar-refractivity contribution is 7.90. The molecule has 0 saturated carbocycles. The van der Waals surface area contributed by atoms with Gasteiger partial charge >= 0.3 is 0 Å². The molecule has 2 aromatic rings. The highest BCUT2D eigenvalue weighted by Gasteiger charge is 2.13. The molecule has 0 saturated heterocycles. The molecule has 26 heavy (non-hydrogen) atoms. The first-order valence-electron chi connectivity index (χ1n) is 7.90. The Kier molecular flexibility index (Phi) is 6.52. The standard InChI is InChI=1S/C17H21N3O4S2/c1-11-8-15(12(2)25-11)16(21)6-7-17(22)19-10-13-4-3-5-14(9-13)20-26(18,23)24/h3-5,8-9,20H,6-7,10H2,1-2H3,(H,19,22)(H2,18,23,24). The van der Waals surface area contributed by atoms with Crippen molar-refractivity contribution in [1.29, 1.82) is 0 Å². The van der Waals surface area contributed by atoms with Crippen LogP contribution in [-0.4, -0.2) is 20.1 Å². The lowest BCUT2D eigenvalue weighted by atomic mass is 10.1. The normalized spacial score (nSPS) is 11.2. The van der Waals surface area contributed by atoms with Gasteiger partial charge in [-0.15, -0.1) is 11.3 Å². The van der Waals surface area contributed by atoms with Gasteiger partial charge < -0.3 is 5.32 Å². The third-order valence-electron chi connectivity index (χ3n) is 3.60. The first-order chi connectivity index (χ1) is 12.1. The van der Waals surface area contributed by atoms with Crippen LogP contribution in [0.3, 0.4) is 0 Å². The van der Waals surface area contributed by atoms with E-state index < -0.39 is 10.2 Å². The number of Topliss-reactive ketones (excluding diaryl/α,β-unsaturated/α-hetero) is 1. The van der Waals surface area contributed by atoms with Crippen LogP contribution in [-0.2, 0) is 21.5 Å². The number of nitrogens with one attached hydrogen (secondary N) is 2. The summed E-state index contributed by atoms with van der Waals surface area (Å²) in [7, 11) is -3.85. The minimum absolute atomic E-state index is 0.0404. The molecule has 0 fully saturated rings. The molecule has 0 aliphatic rings. The van der Waals surface area contributed by atoms with Gasteiger partial charge in [-0.05, 0) is 37.6 Å². The van der Waals surface area contributed by atoms with Gasteiger partial charge in [0.2, 0.25) is 5.91 Å². The van der Waals surface area contributed by atoms with Gasteiger partial charge in [0.25, 0.3) is 10.2 Å². The summed E-state index contributed by atoms with van der Waals surface area (Å²) in [5.41, 5.74) is 1.71. The van der Waals surface area contributed by atoms with Crippen LogP contribution in [0.5, 0.6) is 0 Å². The molecular weight excluding hydrogens is 374 g/mol. The Bertz CT molecular complexity index is 920. The Balaban J connectivity index is 1.84. The van der Waals surface area contributed by atoms with Crippen LogP contribution in [0.2, 0.25) is 0 Å². The molecular formula is C17H21N3O4S2. The number of aryl methyl sites for hydroxylation is 2. The third-order valence-corrected chi connectivity index (χ3v) is 5.08. The molecule has 1 aromatic carbocycles. The topological polar surface area (TPSA) is 118 Å². The molecule has 140 valence electrons. The lowest BCUT2D eigenvalue weighted by Crippen LogP contribution is -2.24. The fourth-order valence-corrected chi connectivity index (χ4v) is 3.87. The van der Waals surface area contributed by atoms with Crippen molar-refractivity contribution in [3.05, 3.63) is 51.2 Å². The van der Waals surface area contributed by atoms with E-state index in [2.05, 4.69) is 10.0 Å². The summed E-state index contributed by atoms with van der Waals surface area (Å²) in [4.78, 5) is 26.2. The highest BCUT2D eigenvalue weighted by Crippen LogP contribution is 2.22. The van der Waals surface area contributed by atoms with Crippen molar-refractivity contribution >= 4 is 38.9 Å². The lowest BCUT2D eigenvalue weighted by molar-refractivity contribution is -0.121. The Labute approximate surface area is 156 Å². The van der Waals surface area contributed by atoms with Crippen molar-refractivity contribution in [2.45, 2.75) is 33.2 Å². The number of ketones is 1. The van der Waals surface area contributed by atoms with Crippen LogP contribution in [0.1, 0.15) is 38.5 Å². The van der Waals surface area contributed by atoms with Crippen molar-refractivity contribution in [3.63, 3.8) is 0 Å². The zero-order valence-corrected chi connectivity index (χ0v) is 16.2. The minimum Gasteiger partial charge on any atom is -0.352 e. The number of nitrogens with two attached hydrogens (primary N) is 1. The van der Waals surface area contributed by atoms with Gasteiger partial charge in [-0.2, -0.15) is 8.42 Å². The first kappa shape index (κ1) is 20.1. The molecule has 7 nitrogen and oxygen atoms in total. The van der Waals surface area contributed by atoms with E-state index in [0.29, 0.717) is 16.8 Å². The average molecular weight is 396 g/mol. The summed E-state index contributed by atoms with van der Waals surface area (Å²) < 4.78 is 24.2. The van der Waals surface area contributed by atoms with Crippen molar-refractivity contribution in [1.82, 2.24) is 5.32 Å². The van der Waals surface area contributed by atoms with Gasteiger partial charge in [-0.3, -0.25) is 14.3 Å². The van der Waals surface area contributed by atoms with E-state index in [1.165, 1.54) is 0 Å². The summed E-state index contributed by atoms with van der Waals surface area (Å²) in [5, 5.41) is 7.65. The van der Waals surface area contributed by atoms with Gasteiger partial charge in [0.15, 0.2) is 5.78 Å². The SMILES string of the molecule is Cc1cc(C(=O)CCC(=O)NCc2cccc(NS(N)(=O)=O)c2)c(C)s1. The van der Waals surface area contributed by atoms with E-state index in [0.717, 1.165) is 9.75 Å². The van der Waals surface area contributed by atoms with Crippen LogP contribution >= 0.6 is 11.3 Å². The minimum atomic E-state index is -3.85. The zero-order valence-electron chi connectivity index (χ0n) is 14.5. The molecule has 4 N–H and O–H groups in total. The molecule has 2 rings (SSSR count). The van der Waals surface area contributed by atoms with Gasteiger partial charge in [0.1, 0.15) is 0 Å². The van der Waals surface area contributed by atoms with E-state index in [1.807, 2.05) is 19.9 Å². The number of thiophene rings is 1. The first-order valence-corrected chi connectivity index (χ1v) is 10.3. The molecule has 9 heteroatoms. The van der Waals surface area contributed by atoms with Gasteiger partial charge in [-0.25, -0.2) is 5.14 Å². The largest absolute Gasteiger partial charge is 0.352 e. The van der Waals surface area contributed by atoms with E-state index in [9.17, 15) is 18.0 Å². The number of rotatable bonds is 8. The molecule has 0 spiro atoms. The van der Waals surface area contributed by atoms with Crippen LogP contribution in [0.4, 0.5) is 5.69 Å². The molecule has 0 aliphatic heterocycles. The number of anilines is 1. The summed E-state index contributed by atoms with van der Waals surface area (Å²) in [6.07, 6.45) is 0.248. The van der Waals surface area contributed by atoms with Gasteiger partial charge in [-0.1, -0.05) is 12.1 Å². The van der Waals surface area contributed by atoms with E-state index >= 15 is 0 Å². The number of amides is 1. The Morgan fingerprint density at radius 2 is 1.88 bits per heavy atom. The van der Waals surface area contributed by atoms with E-state index in [-0.39, 0.29) is 31.1 Å². The number of benzene rings is 1. The number of carbonyl (C=O) groups excluding carboxylic acids is 2. The van der Waals surface area contributed by atoms with Crippen molar-refractivity contribution in [2.24, 2.45) is 5.14 Å². The number of hydrogen-bond donors (Lipinski definition) is 3. The second kappa shape index (κ2) is 8.43. The van der Waals surface area contributed by atoms with Crippen LogP contribution in [0, 0.1) is 13.8 Å². The number of carbonyl (C=O) groups is 2. The van der Waals surface area contributed by atoms with E-state index in [4.69, 9.17) is 5.14 Å². The van der Waals surface area contributed by atoms with Crippen LogP contribution < -0.4 is 15.2 Å². The highest BCUT2D eigenvalue weighted by atomic mass is 32.2. The lowest BCUT2D eigenvalue weighted by Gasteiger charge is -2.08. The summed E-state index contributed by atoms with van der Waals surface area (Å²) in [5.74, 6) is -0.283. The summed E-state index contributed by atoms with van der Waals surface area (Å²) in [6.45, 7) is 4.07. The van der Waals surface area contributed by atoms with Crippen LogP contribution in [0.15, 0.2) is 30.3 Å². The molecule has 0 atom stereocenters. The summed E-state index contributed by atoms with van der Waals surface area (Å²) >= 11 is 1.57. The Hall–Kier alpha value is -2.23. The molecule has 1 heterocycles. The van der Waals surface area contributed by atoms with Crippen molar-refractivity contribution in [3.8, 4) is 0 Å². The monoisotopic (exact) mass is 395 g/mol. The quantitative estimate of drug-likeness (QED) is 0.594.